The van der Waals surface area contributed by atoms with E-state index in [1.165, 1.54) is 0 Å². The molecule has 1 amide bonds. The van der Waals surface area contributed by atoms with Crippen LogP contribution < -0.4 is 0 Å². The quantitative estimate of drug-likeness (QED) is 0.841. The lowest BCUT2D eigenvalue weighted by Crippen LogP contribution is -2.40. The lowest BCUT2D eigenvalue weighted by atomic mass is 10.2. The van der Waals surface area contributed by atoms with Crippen LogP contribution in [-0.2, 0) is 16.1 Å². The number of carbonyl (C=O) groups is 1. The standard InChI is InChI=1S/C16H20N4O2/c1-22-12-14-8-5-9-20(14)16(21)11-19-10-15(17-18-19)13-6-3-2-4-7-13/h2-4,6-7,10,14H,5,8-9,11-12H2,1H3/t14-/m0/s1. The van der Waals surface area contributed by atoms with Crippen molar-refractivity contribution in [2.24, 2.45) is 0 Å². The van der Waals surface area contributed by atoms with E-state index in [1.54, 1.807) is 11.8 Å². The summed E-state index contributed by atoms with van der Waals surface area (Å²) in [6, 6.07) is 10.0. The molecule has 6 heteroatoms. The molecule has 3 rings (SSSR count). The van der Waals surface area contributed by atoms with Gasteiger partial charge in [0, 0.05) is 19.2 Å². The highest BCUT2D eigenvalue weighted by Crippen LogP contribution is 2.19. The molecule has 1 aliphatic rings. The summed E-state index contributed by atoms with van der Waals surface area (Å²) >= 11 is 0. The summed E-state index contributed by atoms with van der Waals surface area (Å²) in [5.74, 6) is 0.0732. The van der Waals surface area contributed by atoms with Gasteiger partial charge in [-0.15, -0.1) is 5.10 Å². The number of benzene rings is 1. The fourth-order valence-corrected chi connectivity index (χ4v) is 2.88. The van der Waals surface area contributed by atoms with Gasteiger partial charge in [-0.3, -0.25) is 4.79 Å². The Morgan fingerprint density at radius 1 is 1.36 bits per heavy atom. The first-order valence-electron chi connectivity index (χ1n) is 7.52. The van der Waals surface area contributed by atoms with Crippen molar-refractivity contribution in [2.75, 3.05) is 20.3 Å². The minimum absolute atomic E-state index is 0.0732. The SMILES string of the molecule is COC[C@@H]1CCCN1C(=O)Cn1cc(-c2ccccc2)nn1. The Labute approximate surface area is 129 Å². The number of rotatable bonds is 5. The zero-order chi connectivity index (χ0) is 15.4. The molecule has 0 saturated carbocycles. The molecular formula is C16H20N4O2. The summed E-state index contributed by atoms with van der Waals surface area (Å²) in [7, 11) is 1.67. The van der Waals surface area contributed by atoms with Gasteiger partial charge < -0.3 is 9.64 Å². The Bertz CT molecular complexity index is 626. The second-order valence-corrected chi connectivity index (χ2v) is 5.51. The second-order valence-electron chi connectivity index (χ2n) is 5.51. The lowest BCUT2D eigenvalue weighted by Gasteiger charge is -2.23. The number of nitrogens with zero attached hydrogens (tertiary/aromatic N) is 4. The van der Waals surface area contributed by atoms with Crippen molar-refractivity contribution < 1.29 is 9.53 Å². The summed E-state index contributed by atoms with van der Waals surface area (Å²) in [6.07, 6.45) is 3.85. The van der Waals surface area contributed by atoms with Gasteiger partial charge in [0.1, 0.15) is 12.2 Å². The van der Waals surface area contributed by atoms with E-state index in [4.69, 9.17) is 4.74 Å². The monoisotopic (exact) mass is 300 g/mol. The van der Waals surface area contributed by atoms with Gasteiger partial charge in [0.05, 0.1) is 18.8 Å². The first-order chi connectivity index (χ1) is 10.8. The topological polar surface area (TPSA) is 60.2 Å². The molecule has 0 spiro atoms. The van der Waals surface area contributed by atoms with E-state index >= 15 is 0 Å². The third-order valence-corrected chi connectivity index (χ3v) is 3.96. The lowest BCUT2D eigenvalue weighted by molar-refractivity contribution is -0.133. The van der Waals surface area contributed by atoms with Crippen LogP contribution in [0, 0.1) is 0 Å². The smallest absolute Gasteiger partial charge is 0.244 e. The fourth-order valence-electron chi connectivity index (χ4n) is 2.88. The number of likely N-dealkylation sites (tertiary alicyclic amines) is 1. The Morgan fingerprint density at radius 3 is 2.95 bits per heavy atom. The van der Waals surface area contributed by atoms with E-state index in [1.807, 2.05) is 41.4 Å². The number of aromatic nitrogens is 3. The van der Waals surface area contributed by atoms with Crippen molar-refractivity contribution in [1.82, 2.24) is 19.9 Å². The molecule has 1 atom stereocenters. The molecule has 6 nitrogen and oxygen atoms in total. The predicted octanol–water partition coefficient (Wildman–Crippen LogP) is 1.58. The van der Waals surface area contributed by atoms with Gasteiger partial charge in [0.15, 0.2) is 0 Å². The minimum Gasteiger partial charge on any atom is -0.383 e. The van der Waals surface area contributed by atoms with Crippen molar-refractivity contribution in [3.05, 3.63) is 36.5 Å². The highest BCUT2D eigenvalue weighted by molar-refractivity contribution is 5.76. The molecule has 1 saturated heterocycles. The maximum Gasteiger partial charge on any atom is 0.244 e. The van der Waals surface area contributed by atoms with Crippen molar-refractivity contribution in [1.29, 1.82) is 0 Å². The average molecular weight is 300 g/mol. The first-order valence-corrected chi connectivity index (χ1v) is 7.52. The molecule has 1 aromatic carbocycles. The van der Waals surface area contributed by atoms with Crippen molar-refractivity contribution in [3.63, 3.8) is 0 Å². The van der Waals surface area contributed by atoms with Crippen molar-refractivity contribution in [2.45, 2.75) is 25.4 Å². The van der Waals surface area contributed by atoms with Crippen LogP contribution in [0.5, 0.6) is 0 Å². The highest BCUT2D eigenvalue weighted by Gasteiger charge is 2.28. The molecule has 2 heterocycles. The molecule has 0 unspecified atom stereocenters. The van der Waals surface area contributed by atoms with Gasteiger partial charge >= 0.3 is 0 Å². The maximum absolute atomic E-state index is 12.4. The summed E-state index contributed by atoms with van der Waals surface area (Å²) in [5, 5.41) is 8.20. The maximum atomic E-state index is 12.4. The van der Waals surface area contributed by atoms with E-state index < -0.39 is 0 Å². The van der Waals surface area contributed by atoms with Gasteiger partial charge in [-0.1, -0.05) is 35.5 Å². The molecule has 0 bridgehead atoms. The van der Waals surface area contributed by atoms with E-state index in [9.17, 15) is 4.79 Å². The van der Waals surface area contributed by atoms with Crippen LogP contribution in [-0.4, -0.2) is 52.1 Å². The summed E-state index contributed by atoms with van der Waals surface area (Å²) in [6.45, 7) is 1.62. The van der Waals surface area contributed by atoms with Gasteiger partial charge in [-0.25, -0.2) is 4.68 Å². The van der Waals surface area contributed by atoms with E-state index in [-0.39, 0.29) is 18.5 Å². The fraction of sp³-hybridized carbons (Fsp3) is 0.438. The van der Waals surface area contributed by atoms with Crippen LogP contribution in [0.2, 0.25) is 0 Å². The Balaban J connectivity index is 1.66. The number of hydrogen-bond donors (Lipinski definition) is 0. The van der Waals surface area contributed by atoms with Crippen LogP contribution in [0.3, 0.4) is 0 Å². The Morgan fingerprint density at radius 2 is 2.18 bits per heavy atom. The van der Waals surface area contributed by atoms with Crippen LogP contribution >= 0.6 is 0 Å². The number of methoxy groups -OCH3 is 1. The largest absolute Gasteiger partial charge is 0.383 e. The molecule has 0 N–H and O–H groups in total. The predicted molar refractivity (Wildman–Crippen MR) is 82.1 cm³/mol. The van der Waals surface area contributed by atoms with Gasteiger partial charge in [-0.05, 0) is 12.8 Å². The van der Waals surface area contributed by atoms with Crippen molar-refractivity contribution in [3.8, 4) is 11.3 Å². The summed E-state index contributed by atoms with van der Waals surface area (Å²) in [4.78, 5) is 14.3. The second kappa shape index (κ2) is 6.70. The van der Waals surface area contributed by atoms with Crippen LogP contribution in [0.15, 0.2) is 36.5 Å². The minimum atomic E-state index is 0.0732. The molecule has 22 heavy (non-hydrogen) atoms. The third-order valence-electron chi connectivity index (χ3n) is 3.96. The molecule has 0 aliphatic carbocycles. The van der Waals surface area contributed by atoms with Crippen LogP contribution in [0.25, 0.3) is 11.3 Å². The normalized spacial score (nSPS) is 17.9. The molecule has 2 aromatic rings. The molecule has 1 aromatic heterocycles. The van der Waals surface area contributed by atoms with Crippen molar-refractivity contribution >= 4 is 5.91 Å². The van der Waals surface area contributed by atoms with Gasteiger partial charge in [0.2, 0.25) is 5.91 Å². The molecule has 0 radical (unpaired) electrons. The number of amides is 1. The zero-order valence-electron chi connectivity index (χ0n) is 12.7. The summed E-state index contributed by atoms with van der Waals surface area (Å²) < 4.78 is 6.79. The van der Waals surface area contributed by atoms with E-state index in [0.29, 0.717) is 6.61 Å². The van der Waals surface area contributed by atoms with E-state index in [2.05, 4.69) is 10.3 Å². The van der Waals surface area contributed by atoms with Gasteiger partial charge in [0.25, 0.3) is 0 Å². The Hall–Kier alpha value is -2.21. The summed E-state index contributed by atoms with van der Waals surface area (Å²) in [5.41, 5.74) is 1.78. The van der Waals surface area contributed by atoms with E-state index in [0.717, 1.165) is 30.6 Å². The van der Waals surface area contributed by atoms with Crippen LogP contribution in [0.1, 0.15) is 12.8 Å². The highest BCUT2D eigenvalue weighted by atomic mass is 16.5. The average Bonchev–Trinajstić information content (AvgIpc) is 3.18. The molecular weight excluding hydrogens is 280 g/mol. The first kappa shape index (κ1) is 14.7. The zero-order valence-corrected chi connectivity index (χ0v) is 12.7. The number of hydrogen-bond acceptors (Lipinski definition) is 4. The number of carbonyl (C=O) groups excluding carboxylic acids is 1. The molecule has 116 valence electrons. The third kappa shape index (κ3) is 3.17. The van der Waals surface area contributed by atoms with Gasteiger partial charge in [-0.2, -0.15) is 0 Å². The Kier molecular flexibility index (Phi) is 4.48. The molecule has 1 fully saturated rings. The molecule has 1 aliphatic heterocycles. The number of ether oxygens (including phenoxy) is 1. The van der Waals surface area contributed by atoms with Crippen LogP contribution in [0.4, 0.5) is 0 Å².